The summed E-state index contributed by atoms with van der Waals surface area (Å²) in [6.45, 7) is 0. The first-order valence-electron chi connectivity index (χ1n) is 4.53. The van der Waals surface area contributed by atoms with Gasteiger partial charge in [-0.3, -0.25) is 0 Å². The van der Waals surface area contributed by atoms with Crippen molar-refractivity contribution in [3.63, 3.8) is 0 Å². The molecule has 0 N–H and O–H groups in total. The van der Waals surface area contributed by atoms with Gasteiger partial charge < -0.3 is 4.74 Å². The van der Waals surface area contributed by atoms with E-state index in [-0.39, 0.29) is 5.75 Å². The van der Waals surface area contributed by atoms with Crippen molar-refractivity contribution in [3.05, 3.63) is 27.7 Å². The molecule has 1 aliphatic carbocycles. The molecule has 0 atom stereocenters. The molecular weight excluding hydrogens is 273 g/mol. The van der Waals surface area contributed by atoms with Gasteiger partial charge in [-0.15, -0.1) is 13.2 Å². The van der Waals surface area contributed by atoms with E-state index in [1.165, 1.54) is 12.1 Å². The lowest BCUT2D eigenvalue weighted by Gasteiger charge is -2.11. The summed E-state index contributed by atoms with van der Waals surface area (Å²) in [5, 5.41) is 0. The Labute approximate surface area is 93.4 Å². The summed E-state index contributed by atoms with van der Waals surface area (Å²) < 4.78 is 40.5. The summed E-state index contributed by atoms with van der Waals surface area (Å²) >= 11 is 3.26. The van der Waals surface area contributed by atoms with E-state index in [2.05, 4.69) is 20.7 Å². The second-order valence-electron chi connectivity index (χ2n) is 3.44. The molecule has 0 fully saturated rings. The SMILES string of the molecule is FC(F)(F)Oc1cc(Br)c2c(c1)CCC2. The Hall–Kier alpha value is -0.710. The van der Waals surface area contributed by atoms with Gasteiger partial charge in [0.1, 0.15) is 5.75 Å². The number of benzene rings is 1. The van der Waals surface area contributed by atoms with Crippen LogP contribution in [0.3, 0.4) is 0 Å². The molecule has 0 spiro atoms. The molecular formula is C10H8BrF3O. The highest BCUT2D eigenvalue weighted by molar-refractivity contribution is 9.10. The summed E-state index contributed by atoms with van der Waals surface area (Å²) in [4.78, 5) is 0. The number of aryl methyl sites for hydroxylation is 1. The molecule has 0 amide bonds. The minimum atomic E-state index is -4.62. The number of halogens is 4. The predicted molar refractivity (Wildman–Crippen MR) is 52.9 cm³/mol. The number of hydrogen-bond acceptors (Lipinski definition) is 1. The Bertz CT molecular complexity index is 387. The van der Waals surface area contributed by atoms with Crippen LogP contribution >= 0.6 is 15.9 Å². The van der Waals surface area contributed by atoms with Crippen LogP contribution in [-0.2, 0) is 12.8 Å². The monoisotopic (exact) mass is 280 g/mol. The Morgan fingerprint density at radius 1 is 1.20 bits per heavy atom. The molecule has 0 radical (unpaired) electrons. The topological polar surface area (TPSA) is 9.23 Å². The molecule has 1 aromatic carbocycles. The molecule has 1 aromatic rings. The zero-order valence-electron chi connectivity index (χ0n) is 7.70. The summed E-state index contributed by atoms with van der Waals surface area (Å²) in [7, 11) is 0. The van der Waals surface area contributed by atoms with E-state index in [0.717, 1.165) is 30.4 Å². The molecule has 5 heteroatoms. The Morgan fingerprint density at radius 2 is 1.93 bits per heavy atom. The molecule has 0 saturated carbocycles. The highest BCUT2D eigenvalue weighted by Crippen LogP contribution is 2.35. The standard InChI is InChI=1S/C10H8BrF3O/c11-9-5-7(15-10(12,13)14)4-6-2-1-3-8(6)9/h4-5H,1-3H2. The summed E-state index contributed by atoms with van der Waals surface area (Å²) in [5.41, 5.74) is 2.05. The molecule has 15 heavy (non-hydrogen) atoms. The molecule has 0 aliphatic heterocycles. The van der Waals surface area contributed by atoms with Gasteiger partial charge in [0, 0.05) is 4.47 Å². The van der Waals surface area contributed by atoms with E-state index in [0.29, 0.717) is 4.47 Å². The first kappa shape index (κ1) is 10.8. The minimum Gasteiger partial charge on any atom is -0.406 e. The quantitative estimate of drug-likeness (QED) is 0.760. The van der Waals surface area contributed by atoms with E-state index >= 15 is 0 Å². The van der Waals surface area contributed by atoms with Gasteiger partial charge in [-0.1, -0.05) is 15.9 Å². The van der Waals surface area contributed by atoms with Crippen molar-refractivity contribution in [2.45, 2.75) is 25.6 Å². The fourth-order valence-electron chi connectivity index (χ4n) is 1.82. The number of hydrogen-bond donors (Lipinski definition) is 0. The number of alkyl halides is 3. The second kappa shape index (κ2) is 3.70. The molecule has 0 saturated heterocycles. The van der Waals surface area contributed by atoms with Gasteiger partial charge in [-0.2, -0.15) is 0 Å². The molecule has 0 aromatic heterocycles. The third-order valence-electron chi connectivity index (χ3n) is 2.37. The lowest BCUT2D eigenvalue weighted by Crippen LogP contribution is -2.17. The average molecular weight is 281 g/mol. The summed E-state index contributed by atoms with van der Waals surface area (Å²) in [6.07, 6.45) is -1.89. The molecule has 82 valence electrons. The van der Waals surface area contributed by atoms with Gasteiger partial charge in [-0.05, 0) is 42.5 Å². The van der Waals surface area contributed by atoms with Gasteiger partial charge in [0.25, 0.3) is 0 Å². The molecule has 2 rings (SSSR count). The minimum absolute atomic E-state index is 0.143. The summed E-state index contributed by atoms with van der Waals surface area (Å²) in [5.74, 6) is -0.143. The maximum atomic E-state index is 12.0. The first-order valence-corrected chi connectivity index (χ1v) is 5.32. The molecule has 0 heterocycles. The average Bonchev–Trinajstić information content (AvgIpc) is 2.48. The molecule has 1 nitrogen and oxygen atoms in total. The highest BCUT2D eigenvalue weighted by Gasteiger charge is 2.31. The largest absolute Gasteiger partial charge is 0.573 e. The van der Waals surface area contributed by atoms with Crippen LogP contribution < -0.4 is 4.74 Å². The van der Waals surface area contributed by atoms with Crippen molar-refractivity contribution in [2.75, 3.05) is 0 Å². The normalized spacial score (nSPS) is 15.2. The van der Waals surface area contributed by atoms with Crippen LogP contribution in [0.25, 0.3) is 0 Å². The van der Waals surface area contributed by atoms with E-state index in [9.17, 15) is 13.2 Å². The first-order chi connectivity index (χ1) is 6.96. The van der Waals surface area contributed by atoms with E-state index in [1.54, 1.807) is 0 Å². The zero-order chi connectivity index (χ0) is 11.1. The molecule has 1 aliphatic rings. The van der Waals surface area contributed by atoms with Crippen molar-refractivity contribution in [1.29, 1.82) is 0 Å². The van der Waals surface area contributed by atoms with Crippen LogP contribution in [0, 0.1) is 0 Å². The van der Waals surface area contributed by atoms with Gasteiger partial charge in [-0.25, -0.2) is 0 Å². The van der Waals surface area contributed by atoms with Gasteiger partial charge >= 0.3 is 6.36 Å². The summed E-state index contributed by atoms with van der Waals surface area (Å²) in [6, 6.07) is 2.85. The third kappa shape index (κ3) is 2.45. The van der Waals surface area contributed by atoms with Crippen molar-refractivity contribution in [2.24, 2.45) is 0 Å². The van der Waals surface area contributed by atoms with Crippen LogP contribution in [0.2, 0.25) is 0 Å². The second-order valence-corrected chi connectivity index (χ2v) is 4.30. The number of rotatable bonds is 1. The fraction of sp³-hybridized carbons (Fsp3) is 0.400. The van der Waals surface area contributed by atoms with Crippen LogP contribution in [0.15, 0.2) is 16.6 Å². The number of fused-ring (bicyclic) bond motifs is 1. The van der Waals surface area contributed by atoms with E-state index < -0.39 is 6.36 Å². The zero-order valence-corrected chi connectivity index (χ0v) is 9.28. The fourth-order valence-corrected chi connectivity index (χ4v) is 2.50. The van der Waals surface area contributed by atoms with Crippen molar-refractivity contribution < 1.29 is 17.9 Å². The Balaban J connectivity index is 2.32. The lowest BCUT2D eigenvalue weighted by molar-refractivity contribution is -0.274. The predicted octanol–water partition coefficient (Wildman–Crippen LogP) is 3.84. The maximum absolute atomic E-state index is 12.0. The third-order valence-corrected chi connectivity index (χ3v) is 3.08. The smallest absolute Gasteiger partial charge is 0.406 e. The number of ether oxygens (including phenoxy) is 1. The van der Waals surface area contributed by atoms with E-state index in [1.807, 2.05) is 0 Å². The van der Waals surface area contributed by atoms with Gasteiger partial charge in [0.05, 0.1) is 0 Å². The molecule has 0 unspecified atom stereocenters. The maximum Gasteiger partial charge on any atom is 0.573 e. The molecule has 0 bridgehead atoms. The Morgan fingerprint density at radius 3 is 2.60 bits per heavy atom. The van der Waals surface area contributed by atoms with Crippen molar-refractivity contribution in [3.8, 4) is 5.75 Å². The van der Waals surface area contributed by atoms with Crippen LogP contribution in [0.1, 0.15) is 17.5 Å². The lowest BCUT2D eigenvalue weighted by atomic mass is 10.1. The van der Waals surface area contributed by atoms with Crippen molar-refractivity contribution in [1.82, 2.24) is 0 Å². The van der Waals surface area contributed by atoms with E-state index in [4.69, 9.17) is 0 Å². The highest BCUT2D eigenvalue weighted by atomic mass is 79.9. The van der Waals surface area contributed by atoms with Gasteiger partial charge in [0.2, 0.25) is 0 Å². The van der Waals surface area contributed by atoms with Gasteiger partial charge in [0.15, 0.2) is 0 Å². The van der Waals surface area contributed by atoms with Crippen molar-refractivity contribution >= 4 is 15.9 Å². The van der Waals surface area contributed by atoms with Crippen LogP contribution in [0.5, 0.6) is 5.75 Å². The Kier molecular flexibility index (Phi) is 2.66. The van der Waals surface area contributed by atoms with Crippen LogP contribution in [0.4, 0.5) is 13.2 Å². The van der Waals surface area contributed by atoms with Crippen LogP contribution in [-0.4, -0.2) is 6.36 Å².